The molecule has 0 bridgehead atoms. The van der Waals surface area contributed by atoms with Gasteiger partial charge in [-0.05, 0) is 12.1 Å². The highest BCUT2D eigenvalue weighted by atomic mass is 16.6. The van der Waals surface area contributed by atoms with Gasteiger partial charge in [0.25, 0.3) is 0 Å². The maximum absolute atomic E-state index is 10.8. The first-order chi connectivity index (χ1) is 7.13. The highest BCUT2D eigenvalue weighted by Gasteiger charge is 2.02. The molecule has 82 valence electrons. The smallest absolute Gasteiger partial charge is 0.343 e. The van der Waals surface area contributed by atoms with Gasteiger partial charge in [0.05, 0.1) is 7.11 Å². The predicted octanol–water partition coefficient (Wildman–Crippen LogP) is 1.30. The van der Waals surface area contributed by atoms with Crippen molar-refractivity contribution in [1.82, 2.24) is 0 Å². The van der Waals surface area contributed by atoms with Crippen molar-refractivity contribution in [3.8, 4) is 5.75 Å². The second-order valence-corrected chi connectivity index (χ2v) is 3.26. The normalized spacial score (nSPS) is 9.53. The van der Waals surface area contributed by atoms with E-state index in [2.05, 4.69) is 4.74 Å². The summed E-state index contributed by atoms with van der Waals surface area (Å²) in [5.74, 6) is 0.275. The number of benzene rings is 1. The molecule has 0 heterocycles. The van der Waals surface area contributed by atoms with Crippen molar-refractivity contribution in [2.45, 2.75) is 0 Å². The number of hydrogen-bond acceptors (Lipinski definition) is 4. The summed E-state index contributed by atoms with van der Waals surface area (Å²) in [6.45, 7) is -0.0621. The zero-order chi connectivity index (χ0) is 11.3. The molecule has 0 aromatic heterocycles. The first-order valence-corrected chi connectivity index (χ1v) is 4.60. The monoisotopic (exact) mass is 209 g/mol. The predicted molar refractivity (Wildman–Crippen MR) is 58.3 cm³/mol. The number of hydrogen-bond donors (Lipinski definition) is 0. The lowest BCUT2D eigenvalue weighted by atomic mass is 10.3. The molecule has 4 heteroatoms. The molecule has 4 nitrogen and oxygen atoms in total. The summed E-state index contributed by atoms with van der Waals surface area (Å²) in [5.41, 5.74) is 1.03. The van der Waals surface area contributed by atoms with Crippen LogP contribution in [-0.4, -0.2) is 33.8 Å². The van der Waals surface area contributed by atoms with Crippen LogP contribution in [-0.2, 0) is 9.53 Å². The maximum atomic E-state index is 10.8. The summed E-state index contributed by atoms with van der Waals surface area (Å²) in [7, 11) is 5.22. The summed E-state index contributed by atoms with van der Waals surface area (Å²) in [6, 6.07) is 7.51. The Morgan fingerprint density at radius 1 is 1.40 bits per heavy atom. The fourth-order valence-corrected chi connectivity index (χ4v) is 1.05. The fourth-order valence-electron chi connectivity index (χ4n) is 1.05. The lowest BCUT2D eigenvalue weighted by Gasteiger charge is -2.13. The highest BCUT2D eigenvalue weighted by Crippen LogP contribution is 2.19. The number of carbonyl (C=O) groups is 1. The van der Waals surface area contributed by atoms with E-state index in [-0.39, 0.29) is 12.6 Å². The lowest BCUT2D eigenvalue weighted by molar-refractivity contribution is -0.142. The first kappa shape index (κ1) is 11.4. The zero-order valence-electron chi connectivity index (χ0n) is 9.19. The van der Waals surface area contributed by atoms with Gasteiger partial charge in [-0.15, -0.1) is 0 Å². The Bertz CT molecular complexity index is 336. The van der Waals surface area contributed by atoms with E-state index >= 15 is 0 Å². The molecule has 1 rings (SSSR count). The number of esters is 1. The molecule has 0 saturated carbocycles. The number of methoxy groups -OCH3 is 1. The fraction of sp³-hybridized carbons (Fsp3) is 0.364. The summed E-state index contributed by atoms with van der Waals surface area (Å²) >= 11 is 0. The van der Waals surface area contributed by atoms with Crippen molar-refractivity contribution < 1.29 is 14.3 Å². The number of nitrogens with zero attached hydrogens (tertiary/aromatic N) is 1. The van der Waals surface area contributed by atoms with E-state index in [0.717, 1.165) is 5.69 Å². The van der Waals surface area contributed by atoms with Gasteiger partial charge in [0.15, 0.2) is 6.61 Å². The van der Waals surface area contributed by atoms with Crippen LogP contribution in [0.4, 0.5) is 5.69 Å². The summed E-state index contributed by atoms with van der Waals surface area (Å²) in [4.78, 5) is 12.8. The van der Waals surface area contributed by atoms with E-state index in [1.165, 1.54) is 7.11 Å². The third-order valence-electron chi connectivity index (χ3n) is 1.92. The van der Waals surface area contributed by atoms with Gasteiger partial charge >= 0.3 is 5.97 Å². The third-order valence-corrected chi connectivity index (χ3v) is 1.92. The van der Waals surface area contributed by atoms with Crippen LogP contribution in [0.3, 0.4) is 0 Å². The number of anilines is 1. The molecular weight excluding hydrogens is 194 g/mol. The Kier molecular flexibility index (Phi) is 3.97. The Morgan fingerprint density at radius 2 is 2.13 bits per heavy atom. The molecule has 0 amide bonds. The van der Waals surface area contributed by atoms with E-state index in [0.29, 0.717) is 5.75 Å². The highest BCUT2D eigenvalue weighted by molar-refractivity contribution is 5.70. The molecular formula is C11H15NO3. The molecule has 15 heavy (non-hydrogen) atoms. The quantitative estimate of drug-likeness (QED) is 0.701. The minimum absolute atomic E-state index is 0.0621. The van der Waals surface area contributed by atoms with Gasteiger partial charge in [0.1, 0.15) is 5.75 Å². The lowest BCUT2D eigenvalue weighted by Crippen LogP contribution is -2.13. The largest absolute Gasteiger partial charge is 0.482 e. The van der Waals surface area contributed by atoms with Gasteiger partial charge in [0, 0.05) is 25.8 Å². The Balaban J connectivity index is 2.61. The average Bonchev–Trinajstić information content (AvgIpc) is 2.26. The topological polar surface area (TPSA) is 38.8 Å². The molecule has 0 aliphatic heterocycles. The van der Waals surface area contributed by atoms with Gasteiger partial charge in [-0.25, -0.2) is 4.79 Å². The van der Waals surface area contributed by atoms with Crippen LogP contribution in [0.15, 0.2) is 24.3 Å². The number of ether oxygens (including phenoxy) is 2. The van der Waals surface area contributed by atoms with Crippen LogP contribution in [0.2, 0.25) is 0 Å². The minimum Gasteiger partial charge on any atom is -0.482 e. The Hall–Kier alpha value is -1.71. The molecule has 0 fully saturated rings. The molecule has 0 spiro atoms. The maximum Gasteiger partial charge on any atom is 0.343 e. The number of rotatable bonds is 4. The van der Waals surface area contributed by atoms with E-state index in [1.54, 1.807) is 6.07 Å². The zero-order valence-corrected chi connectivity index (χ0v) is 9.19. The van der Waals surface area contributed by atoms with Gasteiger partial charge in [-0.2, -0.15) is 0 Å². The summed E-state index contributed by atoms with van der Waals surface area (Å²) < 4.78 is 9.72. The van der Waals surface area contributed by atoms with Crippen molar-refractivity contribution in [2.24, 2.45) is 0 Å². The van der Waals surface area contributed by atoms with Crippen LogP contribution in [0.25, 0.3) is 0 Å². The van der Waals surface area contributed by atoms with Crippen LogP contribution in [0.5, 0.6) is 5.75 Å². The SMILES string of the molecule is COC(=O)COc1cccc(N(C)C)c1. The van der Waals surface area contributed by atoms with Gasteiger partial charge in [0.2, 0.25) is 0 Å². The van der Waals surface area contributed by atoms with E-state index < -0.39 is 0 Å². The van der Waals surface area contributed by atoms with Gasteiger partial charge in [-0.3, -0.25) is 0 Å². The molecule has 1 aromatic rings. The average molecular weight is 209 g/mol. The number of carbonyl (C=O) groups excluding carboxylic acids is 1. The van der Waals surface area contributed by atoms with E-state index in [1.807, 2.05) is 37.2 Å². The first-order valence-electron chi connectivity index (χ1n) is 4.60. The van der Waals surface area contributed by atoms with Crippen molar-refractivity contribution >= 4 is 11.7 Å². The molecule has 0 unspecified atom stereocenters. The van der Waals surface area contributed by atoms with Gasteiger partial charge < -0.3 is 14.4 Å². The molecule has 0 aliphatic rings. The van der Waals surface area contributed by atoms with Crippen LogP contribution in [0.1, 0.15) is 0 Å². The second kappa shape index (κ2) is 5.24. The minimum atomic E-state index is -0.384. The molecule has 0 N–H and O–H groups in total. The summed E-state index contributed by atoms with van der Waals surface area (Å²) in [6.07, 6.45) is 0. The second-order valence-electron chi connectivity index (χ2n) is 3.26. The van der Waals surface area contributed by atoms with Crippen molar-refractivity contribution in [1.29, 1.82) is 0 Å². The molecule has 0 aliphatic carbocycles. The molecule has 0 saturated heterocycles. The molecule has 1 aromatic carbocycles. The van der Waals surface area contributed by atoms with Crippen LogP contribution in [0, 0.1) is 0 Å². The van der Waals surface area contributed by atoms with Crippen molar-refractivity contribution in [2.75, 3.05) is 32.7 Å². The Labute approximate surface area is 89.4 Å². The standard InChI is InChI=1S/C11H15NO3/c1-12(2)9-5-4-6-10(7-9)15-8-11(13)14-3/h4-7H,8H2,1-3H3. The molecule has 0 radical (unpaired) electrons. The van der Waals surface area contributed by atoms with Gasteiger partial charge in [-0.1, -0.05) is 6.07 Å². The third kappa shape index (κ3) is 3.50. The van der Waals surface area contributed by atoms with Crippen molar-refractivity contribution in [3.05, 3.63) is 24.3 Å². The van der Waals surface area contributed by atoms with E-state index in [9.17, 15) is 4.79 Å². The summed E-state index contributed by atoms with van der Waals surface area (Å²) in [5, 5.41) is 0. The van der Waals surface area contributed by atoms with Crippen molar-refractivity contribution in [3.63, 3.8) is 0 Å². The molecule has 0 atom stereocenters. The van der Waals surface area contributed by atoms with Crippen LogP contribution < -0.4 is 9.64 Å². The van der Waals surface area contributed by atoms with E-state index in [4.69, 9.17) is 4.74 Å². The van der Waals surface area contributed by atoms with Crippen LogP contribution >= 0.6 is 0 Å². The Morgan fingerprint density at radius 3 is 2.73 bits per heavy atom.